The predicted molar refractivity (Wildman–Crippen MR) is 81.8 cm³/mol. The number of rotatable bonds is 4. The van der Waals surface area contributed by atoms with Gasteiger partial charge in [0.25, 0.3) is 0 Å². The molecule has 2 heterocycles. The number of aromatic nitrogens is 1. The number of para-hydroxylation sites is 1. The molecule has 1 aliphatic heterocycles. The maximum absolute atomic E-state index is 7.70. The summed E-state index contributed by atoms with van der Waals surface area (Å²) in [4.78, 5) is 4.33. The highest BCUT2D eigenvalue weighted by atomic mass is 16.5. The summed E-state index contributed by atoms with van der Waals surface area (Å²) in [5.74, 6) is 0.593. The van der Waals surface area contributed by atoms with Crippen LogP contribution in [0.15, 0.2) is 30.5 Å². The minimum atomic E-state index is -0.0344. The Hall–Kier alpha value is -2.14. The zero-order chi connectivity index (χ0) is 14.7. The Balaban J connectivity index is 1.90. The zero-order valence-corrected chi connectivity index (χ0v) is 11.8. The van der Waals surface area contributed by atoms with E-state index in [0.717, 1.165) is 30.4 Å². The largest absolute Gasteiger partial charge is 0.489 e. The van der Waals surface area contributed by atoms with Gasteiger partial charge >= 0.3 is 0 Å². The minimum Gasteiger partial charge on any atom is -0.489 e. The van der Waals surface area contributed by atoms with Gasteiger partial charge in [-0.2, -0.15) is 0 Å². The van der Waals surface area contributed by atoms with Crippen LogP contribution in [0.3, 0.4) is 0 Å². The van der Waals surface area contributed by atoms with Gasteiger partial charge in [0.05, 0.1) is 17.2 Å². The van der Waals surface area contributed by atoms with Crippen molar-refractivity contribution >= 4 is 16.7 Å². The van der Waals surface area contributed by atoms with Crippen molar-refractivity contribution in [3.05, 3.63) is 36.0 Å². The molecule has 0 amide bonds. The quantitative estimate of drug-likeness (QED) is 0.668. The summed E-state index contributed by atoms with van der Waals surface area (Å²) in [5.41, 5.74) is 7.01. The Morgan fingerprint density at radius 3 is 3.00 bits per heavy atom. The molecule has 0 aliphatic carbocycles. The number of ether oxygens (including phenoxy) is 2. The number of nitrogen functional groups attached to an aromatic ring is 1. The highest BCUT2D eigenvalue weighted by molar-refractivity contribution is 6.02. The van der Waals surface area contributed by atoms with Crippen molar-refractivity contribution in [2.75, 3.05) is 13.2 Å². The predicted octanol–water partition coefficient (Wildman–Crippen LogP) is 2.47. The van der Waals surface area contributed by atoms with Gasteiger partial charge in [-0.25, -0.2) is 0 Å². The van der Waals surface area contributed by atoms with E-state index < -0.39 is 0 Å². The van der Waals surface area contributed by atoms with Crippen molar-refractivity contribution in [3.8, 4) is 5.75 Å². The van der Waals surface area contributed by atoms with E-state index in [1.807, 2.05) is 24.3 Å². The fraction of sp³-hybridized carbons (Fsp3) is 0.375. The van der Waals surface area contributed by atoms with Crippen LogP contribution in [0.5, 0.6) is 5.75 Å². The van der Waals surface area contributed by atoms with Gasteiger partial charge in [-0.05, 0) is 31.4 Å². The number of nitrogens with one attached hydrogen (secondary N) is 1. The molecular weight excluding hydrogens is 266 g/mol. The van der Waals surface area contributed by atoms with Crippen molar-refractivity contribution in [3.63, 3.8) is 0 Å². The molecular formula is C16H19N3O2. The summed E-state index contributed by atoms with van der Waals surface area (Å²) in [6, 6.07) is 7.71. The fourth-order valence-corrected chi connectivity index (χ4v) is 2.58. The van der Waals surface area contributed by atoms with Gasteiger partial charge in [-0.1, -0.05) is 12.1 Å². The average molecular weight is 285 g/mol. The SMILES string of the molecule is N=C(N)c1cnc2ccccc2c1OCC1CCCCO1. The maximum atomic E-state index is 7.70. The van der Waals surface area contributed by atoms with Crippen LogP contribution in [-0.2, 0) is 4.74 Å². The lowest BCUT2D eigenvalue weighted by Crippen LogP contribution is -2.26. The van der Waals surface area contributed by atoms with Crippen LogP contribution in [0.4, 0.5) is 0 Å². The molecule has 3 rings (SSSR count). The third kappa shape index (κ3) is 2.97. The van der Waals surface area contributed by atoms with Crippen LogP contribution >= 0.6 is 0 Å². The van der Waals surface area contributed by atoms with Crippen molar-refractivity contribution in [2.24, 2.45) is 5.73 Å². The lowest BCUT2D eigenvalue weighted by molar-refractivity contribution is -0.0108. The molecule has 1 aromatic carbocycles. The number of nitrogens with zero attached hydrogens (tertiary/aromatic N) is 1. The Kier molecular flexibility index (Phi) is 4.01. The van der Waals surface area contributed by atoms with Gasteiger partial charge in [0, 0.05) is 18.2 Å². The molecule has 0 radical (unpaired) electrons. The topological polar surface area (TPSA) is 81.2 Å². The molecule has 3 N–H and O–H groups in total. The monoisotopic (exact) mass is 285 g/mol. The van der Waals surface area contributed by atoms with Crippen LogP contribution < -0.4 is 10.5 Å². The van der Waals surface area contributed by atoms with E-state index in [2.05, 4.69) is 4.98 Å². The summed E-state index contributed by atoms with van der Waals surface area (Å²) < 4.78 is 11.7. The van der Waals surface area contributed by atoms with E-state index in [-0.39, 0.29) is 11.9 Å². The molecule has 2 aromatic rings. The Labute approximate surface area is 123 Å². The first-order valence-corrected chi connectivity index (χ1v) is 7.22. The Morgan fingerprint density at radius 2 is 2.24 bits per heavy atom. The van der Waals surface area contributed by atoms with Crippen LogP contribution in [0.2, 0.25) is 0 Å². The molecule has 0 saturated carbocycles. The standard InChI is InChI=1S/C16H19N3O2/c17-16(18)13-9-19-14-7-2-1-6-12(14)15(13)21-10-11-5-3-4-8-20-11/h1-2,6-7,9,11H,3-5,8,10H2,(H3,17,18). The molecule has 5 heteroatoms. The highest BCUT2D eigenvalue weighted by Crippen LogP contribution is 2.28. The number of pyridine rings is 1. The minimum absolute atomic E-state index is 0.0344. The summed E-state index contributed by atoms with van der Waals surface area (Å²) in [7, 11) is 0. The van der Waals surface area contributed by atoms with Crippen molar-refractivity contribution in [2.45, 2.75) is 25.4 Å². The first-order chi connectivity index (χ1) is 10.3. The van der Waals surface area contributed by atoms with Gasteiger partial charge in [0.1, 0.15) is 18.2 Å². The first-order valence-electron chi connectivity index (χ1n) is 7.22. The highest BCUT2D eigenvalue weighted by Gasteiger charge is 2.17. The summed E-state index contributed by atoms with van der Waals surface area (Å²) in [5, 5.41) is 8.58. The Bertz CT molecular complexity index is 651. The summed E-state index contributed by atoms with van der Waals surface area (Å²) >= 11 is 0. The molecule has 0 bridgehead atoms. The van der Waals surface area contributed by atoms with E-state index in [4.69, 9.17) is 20.6 Å². The van der Waals surface area contributed by atoms with Gasteiger partial charge in [-0.15, -0.1) is 0 Å². The lowest BCUT2D eigenvalue weighted by atomic mass is 10.1. The zero-order valence-electron chi connectivity index (χ0n) is 11.8. The van der Waals surface area contributed by atoms with E-state index in [0.29, 0.717) is 17.9 Å². The van der Waals surface area contributed by atoms with Crippen LogP contribution in [0.25, 0.3) is 10.9 Å². The number of hydrogen-bond donors (Lipinski definition) is 2. The van der Waals surface area contributed by atoms with Gasteiger partial charge < -0.3 is 15.2 Å². The molecule has 1 aromatic heterocycles. The van der Waals surface area contributed by atoms with Gasteiger partial charge in [0.2, 0.25) is 0 Å². The number of amidine groups is 1. The van der Waals surface area contributed by atoms with E-state index >= 15 is 0 Å². The smallest absolute Gasteiger partial charge is 0.141 e. The maximum Gasteiger partial charge on any atom is 0.141 e. The molecule has 1 atom stereocenters. The Morgan fingerprint density at radius 1 is 1.38 bits per heavy atom. The third-order valence-corrected chi connectivity index (χ3v) is 3.70. The molecule has 1 saturated heterocycles. The van der Waals surface area contributed by atoms with Gasteiger partial charge in [0.15, 0.2) is 0 Å². The number of fused-ring (bicyclic) bond motifs is 1. The third-order valence-electron chi connectivity index (χ3n) is 3.70. The first kappa shape index (κ1) is 13.8. The second-order valence-electron chi connectivity index (χ2n) is 5.23. The van der Waals surface area contributed by atoms with Crippen LogP contribution in [-0.4, -0.2) is 30.1 Å². The molecule has 21 heavy (non-hydrogen) atoms. The number of nitrogens with two attached hydrogens (primary N) is 1. The van der Waals surface area contributed by atoms with E-state index in [1.165, 1.54) is 6.42 Å². The number of benzene rings is 1. The summed E-state index contributed by atoms with van der Waals surface area (Å²) in [6.07, 6.45) is 5.02. The van der Waals surface area contributed by atoms with Crippen molar-refractivity contribution in [1.82, 2.24) is 4.98 Å². The normalized spacial score (nSPS) is 18.6. The molecule has 110 valence electrons. The van der Waals surface area contributed by atoms with Crippen molar-refractivity contribution < 1.29 is 9.47 Å². The molecule has 1 fully saturated rings. The molecule has 5 nitrogen and oxygen atoms in total. The summed E-state index contributed by atoms with van der Waals surface area (Å²) in [6.45, 7) is 1.28. The molecule has 0 spiro atoms. The van der Waals surface area contributed by atoms with Crippen molar-refractivity contribution in [1.29, 1.82) is 5.41 Å². The van der Waals surface area contributed by atoms with Crippen LogP contribution in [0, 0.1) is 5.41 Å². The molecule has 1 unspecified atom stereocenters. The fourth-order valence-electron chi connectivity index (χ4n) is 2.58. The van der Waals surface area contributed by atoms with Gasteiger partial charge in [-0.3, -0.25) is 10.4 Å². The van der Waals surface area contributed by atoms with E-state index in [9.17, 15) is 0 Å². The lowest BCUT2D eigenvalue weighted by Gasteiger charge is -2.23. The molecule has 1 aliphatic rings. The number of hydrogen-bond acceptors (Lipinski definition) is 4. The van der Waals surface area contributed by atoms with E-state index in [1.54, 1.807) is 6.20 Å². The average Bonchev–Trinajstić information content (AvgIpc) is 2.53. The van der Waals surface area contributed by atoms with Crippen LogP contribution in [0.1, 0.15) is 24.8 Å². The second-order valence-corrected chi connectivity index (χ2v) is 5.23. The second kappa shape index (κ2) is 6.10.